The summed E-state index contributed by atoms with van der Waals surface area (Å²) in [6.07, 6.45) is 21.8. The lowest BCUT2D eigenvalue weighted by molar-refractivity contribution is 0.415. The van der Waals surface area contributed by atoms with Gasteiger partial charge in [0.2, 0.25) is 0 Å². The summed E-state index contributed by atoms with van der Waals surface area (Å²) in [7, 11) is 0. The highest BCUT2D eigenvalue weighted by Crippen LogP contribution is 2.53. The van der Waals surface area contributed by atoms with Crippen LogP contribution in [0.15, 0.2) is 107 Å². The fourth-order valence-corrected chi connectivity index (χ4v) is 9.23. The van der Waals surface area contributed by atoms with E-state index in [9.17, 15) is 0 Å². The predicted octanol–water partition coefficient (Wildman–Crippen LogP) is 13.8. The first kappa shape index (κ1) is 38.0. The van der Waals surface area contributed by atoms with Gasteiger partial charge in [-0.1, -0.05) is 163 Å². The van der Waals surface area contributed by atoms with Gasteiger partial charge in [-0.05, 0) is 98.9 Å². The minimum Gasteiger partial charge on any atom is -0.457 e. The van der Waals surface area contributed by atoms with Gasteiger partial charge >= 0.3 is 0 Å². The minimum absolute atomic E-state index is 0.00294. The summed E-state index contributed by atoms with van der Waals surface area (Å²) >= 11 is 0. The van der Waals surface area contributed by atoms with E-state index in [1.54, 1.807) is 5.57 Å². The third kappa shape index (κ3) is 7.78. The first-order chi connectivity index (χ1) is 24.9. The van der Waals surface area contributed by atoms with Crippen molar-refractivity contribution in [2.24, 2.45) is 0 Å². The maximum Gasteiger partial charge on any atom is 0.133 e. The zero-order valence-electron chi connectivity index (χ0n) is 33.9. The fraction of sp³-hybridized carbons (Fsp3) is 0.480. The Balaban J connectivity index is 1.41. The van der Waals surface area contributed by atoms with Crippen LogP contribution in [-0.2, 0) is 10.8 Å². The number of unbranched alkanes of at least 4 members (excludes halogenated alkanes) is 4. The number of aryl methyl sites for hydroxylation is 3. The Morgan fingerprint density at radius 3 is 2.15 bits per heavy atom. The lowest BCUT2D eigenvalue weighted by atomic mass is 9.79. The average molecular weight is 696 g/mol. The van der Waals surface area contributed by atoms with Crippen LogP contribution in [0.2, 0.25) is 0 Å². The summed E-state index contributed by atoms with van der Waals surface area (Å²) < 4.78 is 6.95. The van der Waals surface area contributed by atoms with Crippen molar-refractivity contribution < 1.29 is 4.74 Å². The molecule has 0 bridgehead atoms. The molecule has 0 radical (unpaired) electrons. The number of fused-ring (bicyclic) bond motifs is 2. The molecule has 1 heterocycles. The molecular formula is C50H65NO. The topological polar surface area (TPSA) is 12.5 Å². The largest absolute Gasteiger partial charge is 0.457 e. The lowest BCUT2D eigenvalue weighted by Crippen LogP contribution is -2.40. The number of allylic oxidation sites excluding steroid dienone is 6. The second kappa shape index (κ2) is 16.1. The molecule has 3 aliphatic rings. The van der Waals surface area contributed by atoms with Gasteiger partial charge in [0.05, 0.1) is 6.04 Å². The van der Waals surface area contributed by atoms with Gasteiger partial charge in [0, 0.05) is 29.0 Å². The molecule has 0 aromatic heterocycles. The van der Waals surface area contributed by atoms with Crippen LogP contribution in [0, 0.1) is 20.8 Å². The van der Waals surface area contributed by atoms with Crippen molar-refractivity contribution in [3.63, 3.8) is 0 Å². The molecule has 2 aliphatic carbocycles. The van der Waals surface area contributed by atoms with Crippen molar-refractivity contribution in [2.75, 3.05) is 11.4 Å². The third-order valence-electron chi connectivity index (χ3n) is 12.3. The Morgan fingerprint density at radius 1 is 0.750 bits per heavy atom. The Kier molecular flexibility index (Phi) is 11.7. The van der Waals surface area contributed by atoms with Crippen molar-refractivity contribution in [3.8, 4) is 5.75 Å². The summed E-state index contributed by atoms with van der Waals surface area (Å²) in [6.45, 7) is 22.1. The average Bonchev–Trinajstić information content (AvgIpc) is 3.45. The molecule has 0 N–H and O–H groups in total. The van der Waals surface area contributed by atoms with Crippen LogP contribution in [0.5, 0.6) is 5.75 Å². The molecule has 2 unspecified atom stereocenters. The summed E-state index contributed by atoms with van der Waals surface area (Å²) in [6, 6.07) is 23.1. The Hall–Kier alpha value is -3.78. The van der Waals surface area contributed by atoms with Gasteiger partial charge < -0.3 is 9.64 Å². The highest BCUT2D eigenvalue weighted by Gasteiger charge is 2.43. The van der Waals surface area contributed by atoms with E-state index in [0.29, 0.717) is 5.92 Å². The molecule has 3 aromatic rings. The van der Waals surface area contributed by atoms with Gasteiger partial charge in [0.1, 0.15) is 11.5 Å². The standard InChI is InChI=1S/C50H65NO/c1-10-12-14-19-41-42-28-22-36(4)33-44(42)49(6,7)43(41)29-24-38-17-16-18-39(48(38)52-40-26-20-35(3)21-27-40)25-31-47-50(8,9)45-34-37(5)23-30-46(45)51(47)32-15-13-11-2/h20-31,33-34,41,47H,10-19,32H2,1-9H3/b31-25+,38-24+,43-29-. The molecule has 6 rings (SSSR count). The van der Waals surface area contributed by atoms with Crippen molar-refractivity contribution in [2.45, 2.75) is 149 Å². The first-order valence-electron chi connectivity index (χ1n) is 20.5. The van der Waals surface area contributed by atoms with E-state index >= 15 is 0 Å². The second-order valence-electron chi connectivity index (χ2n) is 17.1. The summed E-state index contributed by atoms with van der Waals surface area (Å²) in [5.41, 5.74) is 14.1. The molecule has 52 heavy (non-hydrogen) atoms. The molecule has 0 spiro atoms. The van der Waals surface area contributed by atoms with Crippen LogP contribution in [0.1, 0.15) is 145 Å². The zero-order valence-corrected chi connectivity index (χ0v) is 33.9. The summed E-state index contributed by atoms with van der Waals surface area (Å²) in [4.78, 5) is 2.69. The Labute approximate surface area is 316 Å². The van der Waals surface area contributed by atoms with Crippen LogP contribution in [0.4, 0.5) is 5.69 Å². The normalized spacial score (nSPS) is 22.1. The second-order valence-corrected chi connectivity index (χ2v) is 17.1. The third-order valence-corrected chi connectivity index (χ3v) is 12.3. The van der Waals surface area contributed by atoms with Gasteiger partial charge in [-0.25, -0.2) is 0 Å². The predicted molar refractivity (Wildman–Crippen MR) is 224 cm³/mol. The molecular weight excluding hydrogens is 631 g/mol. The van der Waals surface area contributed by atoms with Gasteiger partial charge in [-0.3, -0.25) is 0 Å². The van der Waals surface area contributed by atoms with E-state index in [1.165, 1.54) is 95.2 Å². The minimum atomic E-state index is -0.00294. The lowest BCUT2D eigenvalue weighted by Gasteiger charge is -2.33. The molecule has 0 saturated heterocycles. The van der Waals surface area contributed by atoms with Crippen molar-refractivity contribution in [1.82, 2.24) is 0 Å². The number of ether oxygens (including phenoxy) is 1. The van der Waals surface area contributed by atoms with Crippen LogP contribution in [0.25, 0.3) is 0 Å². The van der Waals surface area contributed by atoms with E-state index in [1.807, 2.05) is 0 Å². The highest BCUT2D eigenvalue weighted by molar-refractivity contribution is 5.66. The van der Waals surface area contributed by atoms with E-state index in [2.05, 4.69) is 152 Å². The maximum absolute atomic E-state index is 6.95. The molecule has 2 nitrogen and oxygen atoms in total. The highest BCUT2D eigenvalue weighted by atomic mass is 16.5. The number of rotatable bonds is 13. The van der Waals surface area contributed by atoms with Gasteiger partial charge in [0.15, 0.2) is 0 Å². The zero-order chi connectivity index (χ0) is 37.0. The number of anilines is 1. The van der Waals surface area contributed by atoms with Crippen molar-refractivity contribution in [1.29, 1.82) is 0 Å². The number of hydrogen-bond donors (Lipinski definition) is 0. The molecule has 0 amide bonds. The number of benzene rings is 3. The van der Waals surface area contributed by atoms with Crippen molar-refractivity contribution >= 4 is 5.69 Å². The van der Waals surface area contributed by atoms with E-state index in [0.717, 1.165) is 37.3 Å². The summed E-state index contributed by atoms with van der Waals surface area (Å²) in [5.74, 6) is 2.44. The molecule has 276 valence electrons. The molecule has 2 heteroatoms. The van der Waals surface area contributed by atoms with Crippen LogP contribution in [0.3, 0.4) is 0 Å². The molecule has 2 atom stereocenters. The van der Waals surface area contributed by atoms with E-state index in [4.69, 9.17) is 4.74 Å². The molecule has 0 fully saturated rings. The molecule has 1 aliphatic heterocycles. The quantitative estimate of drug-likeness (QED) is 0.165. The molecule has 0 saturated carbocycles. The SMILES string of the molecule is CCCCCC1/C(=C/C=C2\CCCC(/C=C/C3N(CCCCC)c4ccc(C)cc4C3(C)C)=C2Oc2ccc(C)cc2)C(C)(C)c2cc(C)ccc21. The summed E-state index contributed by atoms with van der Waals surface area (Å²) in [5, 5.41) is 0. The maximum atomic E-state index is 6.95. The van der Waals surface area contributed by atoms with E-state index < -0.39 is 0 Å². The Bertz CT molecular complexity index is 1850. The number of nitrogens with zero attached hydrogens (tertiary/aromatic N) is 1. The van der Waals surface area contributed by atoms with Gasteiger partial charge in [-0.2, -0.15) is 0 Å². The van der Waals surface area contributed by atoms with Crippen molar-refractivity contribution in [3.05, 3.63) is 141 Å². The first-order valence-corrected chi connectivity index (χ1v) is 20.5. The van der Waals surface area contributed by atoms with Crippen LogP contribution < -0.4 is 9.64 Å². The van der Waals surface area contributed by atoms with E-state index in [-0.39, 0.29) is 16.9 Å². The van der Waals surface area contributed by atoms with Crippen LogP contribution in [-0.4, -0.2) is 12.6 Å². The molecule has 3 aromatic carbocycles. The smallest absolute Gasteiger partial charge is 0.133 e. The fourth-order valence-electron chi connectivity index (χ4n) is 9.23. The Morgan fingerprint density at radius 2 is 1.42 bits per heavy atom. The monoisotopic (exact) mass is 696 g/mol. The van der Waals surface area contributed by atoms with Gasteiger partial charge in [-0.15, -0.1) is 0 Å². The van der Waals surface area contributed by atoms with Crippen LogP contribution >= 0.6 is 0 Å². The van der Waals surface area contributed by atoms with Gasteiger partial charge in [0.25, 0.3) is 0 Å². The number of hydrogen-bond acceptors (Lipinski definition) is 2.